The van der Waals surface area contributed by atoms with E-state index in [0.717, 1.165) is 18.5 Å². The Morgan fingerprint density at radius 1 is 0.387 bits per heavy atom. The van der Waals surface area contributed by atoms with Crippen molar-refractivity contribution in [2.75, 3.05) is 4.90 Å². The summed E-state index contributed by atoms with van der Waals surface area (Å²) in [4.78, 5) is 2.50. The molecule has 1 aromatic heterocycles. The van der Waals surface area contributed by atoms with Gasteiger partial charge in [-0.15, -0.1) is 0 Å². The summed E-state index contributed by atoms with van der Waals surface area (Å²) in [6.07, 6.45) is 2.04. The normalized spacial score (nSPS) is 14.7. The zero-order valence-corrected chi connectivity index (χ0v) is 34.9. The number of rotatable bonds is 5. The number of fused-ring (bicyclic) bond motifs is 12. The van der Waals surface area contributed by atoms with Crippen LogP contribution in [0.5, 0.6) is 0 Å². The first-order valence-corrected chi connectivity index (χ1v) is 22.0. The third-order valence-corrected chi connectivity index (χ3v) is 14.6. The highest BCUT2D eigenvalue weighted by atomic mass is 15.1. The van der Waals surface area contributed by atoms with Gasteiger partial charge in [-0.2, -0.15) is 0 Å². The molecule has 2 nitrogen and oxygen atoms in total. The number of hydrogen-bond acceptors (Lipinski definition) is 1. The molecule has 0 N–H and O–H groups in total. The van der Waals surface area contributed by atoms with Gasteiger partial charge in [0.1, 0.15) is 0 Å². The lowest BCUT2D eigenvalue weighted by molar-refractivity contribution is 0.563. The fourth-order valence-corrected chi connectivity index (χ4v) is 11.7. The van der Waals surface area contributed by atoms with Gasteiger partial charge in [0.05, 0.1) is 11.0 Å². The molecule has 0 saturated heterocycles. The van der Waals surface area contributed by atoms with Crippen molar-refractivity contribution in [3.63, 3.8) is 0 Å². The molecule has 0 radical (unpaired) electrons. The van der Waals surface area contributed by atoms with Gasteiger partial charge in [-0.1, -0.05) is 153 Å². The standard InChI is InChI=1S/C60H44N2/c1-59(2)53-21-11-8-18-47(53)49-31-29-45(35-55(49)59)61(46-30-32-50-48-19-9-12-22-54(48)60(56(50)36-46)37-41-14-6-7-15-42(41)38-60)44-27-24-39(25-28-44)40-26-33-58-52(34-40)51-20-10-13-23-57(51)62(58)43-16-4-3-5-17-43/h3-36H,37-38H2,1-2H3. The minimum atomic E-state index is -0.112. The van der Waals surface area contributed by atoms with Crippen molar-refractivity contribution >= 4 is 38.9 Å². The maximum absolute atomic E-state index is 2.53. The first-order valence-electron chi connectivity index (χ1n) is 22.0. The molecule has 3 aliphatic carbocycles. The van der Waals surface area contributed by atoms with E-state index in [-0.39, 0.29) is 10.8 Å². The molecular weight excluding hydrogens is 749 g/mol. The van der Waals surface area contributed by atoms with Gasteiger partial charge in [-0.05, 0) is 146 Å². The van der Waals surface area contributed by atoms with Crippen molar-refractivity contribution in [1.82, 2.24) is 4.57 Å². The highest BCUT2D eigenvalue weighted by molar-refractivity contribution is 6.10. The van der Waals surface area contributed by atoms with E-state index in [4.69, 9.17) is 0 Å². The Balaban J connectivity index is 0.959. The van der Waals surface area contributed by atoms with Crippen molar-refractivity contribution in [3.8, 4) is 39.1 Å². The molecular formula is C60H44N2. The van der Waals surface area contributed by atoms with Crippen molar-refractivity contribution in [2.45, 2.75) is 37.5 Å². The van der Waals surface area contributed by atoms with E-state index in [2.05, 4.69) is 230 Å². The van der Waals surface area contributed by atoms with Crippen LogP contribution in [-0.4, -0.2) is 4.57 Å². The molecule has 0 saturated carbocycles. The lowest BCUT2D eigenvalue weighted by Crippen LogP contribution is -2.26. The molecule has 0 aliphatic heterocycles. The average Bonchev–Trinajstić information content (AvgIpc) is 4.02. The third-order valence-electron chi connectivity index (χ3n) is 14.6. The number of nitrogens with zero attached hydrogens (tertiary/aromatic N) is 2. The second-order valence-electron chi connectivity index (χ2n) is 18.2. The Hall–Kier alpha value is -7.42. The molecule has 1 heterocycles. The van der Waals surface area contributed by atoms with Crippen molar-refractivity contribution in [2.24, 2.45) is 0 Å². The molecule has 0 unspecified atom stereocenters. The fraction of sp³-hybridized carbons (Fsp3) is 0.100. The maximum atomic E-state index is 2.53. The zero-order chi connectivity index (χ0) is 41.2. The zero-order valence-electron chi connectivity index (χ0n) is 34.9. The molecule has 9 aromatic carbocycles. The van der Waals surface area contributed by atoms with E-state index in [1.54, 1.807) is 0 Å². The Bertz CT molecular complexity index is 3410. The average molecular weight is 793 g/mol. The van der Waals surface area contributed by atoms with Crippen LogP contribution < -0.4 is 4.90 Å². The van der Waals surface area contributed by atoms with Crippen LogP contribution in [0.3, 0.4) is 0 Å². The molecule has 13 rings (SSSR count). The maximum Gasteiger partial charge on any atom is 0.0541 e. The summed E-state index contributed by atoms with van der Waals surface area (Å²) < 4.78 is 2.38. The first-order chi connectivity index (χ1) is 30.5. The van der Waals surface area contributed by atoms with Crippen molar-refractivity contribution in [3.05, 3.63) is 240 Å². The molecule has 0 fully saturated rings. The predicted octanol–water partition coefficient (Wildman–Crippen LogP) is 15.3. The SMILES string of the molecule is CC1(C)c2ccccc2-c2ccc(N(c3ccc(-c4ccc5c(c4)c4ccccc4n5-c4ccccc4)cc3)c3ccc4c(c3)C3(Cc5ccccc5C3)c3ccccc3-4)cc21. The van der Waals surface area contributed by atoms with E-state index < -0.39 is 0 Å². The molecule has 1 spiro atoms. The number of hydrogen-bond donors (Lipinski definition) is 0. The summed E-state index contributed by atoms with van der Waals surface area (Å²) in [6.45, 7) is 4.76. The molecule has 0 amide bonds. The van der Waals surface area contributed by atoms with Gasteiger partial charge < -0.3 is 9.47 Å². The second-order valence-corrected chi connectivity index (χ2v) is 18.2. The molecule has 62 heavy (non-hydrogen) atoms. The van der Waals surface area contributed by atoms with Gasteiger partial charge in [0, 0.05) is 44.4 Å². The highest BCUT2D eigenvalue weighted by Crippen LogP contribution is 2.57. The van der Waals surface area contributed by atoms with Gasteiger partial charge in [-0.25, -0.2) is 0 Å². The summed E-state index contributed by atoms with van der Waals surface area (Å²) in [5.41, 5.74) is 23.3. The molecule has 0 atom stereocenters. The van der Waals surface area contributed by atoms with Gasteiger partial charge in [0.2, 0.25) is 0 Å². The van der Waals surface area contributed by atoms with E-state index in [9.17, 15) is 0 Å². The molecule has 0 bridgehead atoms. The first kappa shape index (κ1) is 35.3. The van der Waals surface area contributed by atoms with Crippen LogP contribution in [0.2, 0.25) is 0 Å². The molecule has 2 heteroatoms. The summed E-state index contributed by atoms with van der Waals surface area (Å²) in [5.74, 6) is 0. The molecule has 3 aliphatic rings. The summed E-state index contributed by atoms with van der Waals surface area (Å²) in [5, 5.41) is 2.52. The predicted molar refractivity (Wildman–Crippen MR) is 259 cm³/mol. The van der Waals surface area contributed by atoms with Crippen LogP contribution in [0.15, 0.2) is 206 Å². The van der Waals surface area contributed by atoms with Gasteiger partial charge >= 0.3 is 0 Å². The fourth-order valence-electron chi connectivity index (χ4n) is 11.7. The van der Waals surface area contributed by atoms with Crippen LogP contribution in [0.25, 0.3) is 60.9 Å². The second kappa shape index (κ2) is 13.0. The lowest BCUT2D eigenvalue weighted by Gasteiger charge is -2.31. The quantitative estimate of drug-likeness (QED) is 0.169. The number of anilines is 3. The third kappa shape index (κ3) is 4.98. The molecule has 294 valence electrons. The van der Waals surface area contributed by atoms with Gasteiger partial charge in [0.25, 0.3) is 0 Å². The van der Waals surface area contributed by atoms with Crippen LogP contribution in [0.4, 0.5) is 17.1 Å². The van der Waals surface area contributed by atoms with E-state index in [1.165, 1.54) is 106 Å². The smallest absolute Gasteiger partial charge is 0.0541 e. The number of para-hydroxylation sites is 2. The van der Waals surface area contributed by atoms with E-state index in [1.807, 2.05) is 0 Å². The highest BCUT2D eigenvalue weighted by Gasteiger charge is 2.47. The summed E-state index contributed by atoms with van der Waals surface area (Å²) in [6, 6.07) is 77.3. The van der Waals surface area contributed by atoms with E-state index >= 15 is 0 Å². The lowest BCUT2D eigenvalue weighted by atomic mass is 9.75. The largest absolute Gasteiger partial charge is 0.310 e. The van der Waals surface area contributed by atoms with Crippen molar-refractivity contribution < 1.29 is 0 Å². The monoisotopic (exact) mass is 792 g/mol. The molecule has 10 aromatic rings. The Morgan fingerprint density at radius 2 is 0.919 bits per heavy atom. The Labute approximate surface area is 363 Å². The summed E-state index contributed by atoms with van der Waals surface area (Å²) in [7, 11) is 0. The van der Waals surface area contributed by atoms with Crippen LogP contribution in [0.1, 0.15) is 47.2 Å². The van der Waals surface area contributed by atoms with Crippen molar-refractivity contribution in [1.29, 1.82) is 0 Å². The van der Waals surface area contributed by atoms with Gasteiger partial charge in [0.15, 0.2) is 0 Å². The van der Waals surface area contributed by atoms with Crippen LogP contribution in [0, 0.1) is 0 Å². The number of benzene rings is 9. The Kier molecular flexibility index (Phi) is 7.43. The number of aromatic nitrogens is 1. The van der Waals surface area contributed by atoms with Crippen LogP contribution in [-0.2, 0) is 23.7 Å². The summed E-state index contributed by atoms with van der Waals surface area (Å²) >= 11 is 0. The Morgan fingerprint density at radius 3 is 1.66 bits per heavy atom. The van der Waals surface area contributed by atoms with Gasteiger partial charge in [-0.3, -0.25) is 0 Å². The van der Waals surface area contributed by atoms with E-state index in [0.29, 0.717) is 0 Å². The minimum absolute atomic E-state index is 0.0923. The van der Waals surface area contributed by atoms with Crippen LogP contribution >= 0.6 is 0 Å². The topological polar surface area (TPSA) is 8.17 Å². The minimum Gasteiger partial charge on any atom is -0.310 e.